The number of amides is 2. The van der Waals surface area contributed by atoms with E-state index in [0.717, 1.165) is 18.4 Å². The lowest BCUT2D eigenvalue weighted by Gasteiger charge is -2.26. The van der Waals surface area contributed by atoms with Crippen molar-refractivity contribution in [3.05, 3.63) is 28.8 Å². The molecule has 2 rings (SSSR count). The molecule has 22 heavy (non-hydrogen) atoms. The summed E-state index contributed by atoms with van der Waals surface area (Å²) in [5.41, 5.74) is 1.67. The van der Waals surface area contributed by atoms with Gasteiger partial charge in [0.15, 0.2) is 0 Å². The van der Waals surface area contributed by atoms with Crippen LogP contribution in [0.25, 0.3) is 0 Å². The average Bonchev–Trinajstić information content (AvgIpc) is 2.87. The molecule has 1 aromatic rings. The van der Waals surface area contributed by atoms with Gasteiger partial charge in [0.2, 0.25) is 11.8 Å². The first-order chi connectivity index (χ1) is 10.5. The van der Waals surface area contributed by atoms with Crippen molar-refractivity contribution in [2.75, 3.05) is 11.9 Å². The molecule has 0 radical (unpaired) electrons. The number of hydrogen-bond donors (Lipinski definition) is 1. The van der Waals surface area contributed by atoms with Crippen molar-refractivity contribution in [3.8, 4) is 0 Å². The van der Waals surface area contributed by atoms with Crippen molar-refractivity contribution in [1.82, 2.24) is 4.90 Å². The van der Waals surface area contributed by atoms with E-state index in [1.54, 1.807) is 12.1 Å². The lowest BCUT2D eigenvalue weighted by molar-refractivity contribution is -0.130. The number of carbonyl (C=O) groups is 2. The molecule has 0 aliphatic carbocycles. The summed E-state index contributed by atoms with van der Waals surface area (Å²) in [6.45, 7) is 6.58. The van der Waals surface area contributed by atoms with E-state index in [9.17, 15) is 9.59 Å². The summed E-state index contributed by atoms with van der Waals surface area (Å²) in [7, 11) is 0. The molecule has 1 aromatic carbocycles. The second-order valence-corrected chi connectivity index (χ2v) is 6.30. The van der Waals surface area contributed by atoms with Crippen LogP contribution in [0.3, 0.4) is 0 Å². The Morgan fingerprint density at radius 2 is 2.09 bits per heavy atom. The van der Waals surface area contributed by atoms with Crippen molar-refractivity contribution < 1.29 is 9.59 Å². The van der Waals surface area contributed by atoms with E-state index < -0.39 is 0 Å². The second-order valence-electron chi connectivity index (χ2n) is 5.87. The Hall–Kier alpha value is -1.55. The number of carbonyl (C=O) groups excluding carboxylic acids is 2. The molecule has 2 amide bonds. The molecule has 1 aliphatic rings. The highest BCUT2D eigenvalue weighted by Crippen LogP contribution is 2.26. The monoisotopic (exact) mass is 322 g/mol. The van der Waals surface area contributed by atoms with Gasteiger partial charge in [-0.2, -0.15) is 0 Å². The zero-order valence-corrected chi connectivity index (χ0v) is 14.1. The lowest BCUT2D eigenvalue weighted by Crippen LogP contribution is -2.36. The summed E-state index contributed by atoms with van der Waals surface area (Å²) < 4.78 is 0. The van der Waals surface area contributed by atoms with E-state index in [1.807, 2.05) is 17.9 Å². The van der Waals surface area contributed by atoms with Crippen molar-refractivity contribution in [2.45, 2.75) is 46.1 Å². The number of halogens is 1. The maximum Gasteiger partial charge on any atom is 0.229 e. The standard InChI is InChI=1S/C17H23ClN2O2/c1-4-14(5-2)20-10-12(8-16(20)21)17(22)19-15-9-13(18)7-6-11(15)3/h6-7,9,12,14H,4-5,8,10H2,1-3H3,(H,19,22). The highest BCUT2D eigenvalue weighted by molar-refractivity contribution is 6.31. The molecule has 0 bridgehead atoms. The fourth-order valence-electron chi connectivity index (χ4n) is 2.95. The first kappa shape index (κ1) is 16.8. The van der Waals surface area contributed by atoms with Gasteiger partial charge in [0.05, 0.1) is 5.92 Å². The molecule has 1 saturated heterocycles. The van der Waals surface area contributed by atoms with Crippen LogP contribution in [0.5, 0.6) is 0 Å². The third-order valence-electron chi connectivity index (χ3n) is 4.37. The molecular formula is C17H23ClN2O2. The number of nitrogens with one attached hydrogen (secondary N) is 1. The van der Waals surface area contributed by atoms with E-state index >= 15 is 0 Å². The highest BCUT2D eigenvalue weighted by atomic mass is 35.5. The average molecular weight is 323 g/mol. The highest BCUT2D eigenvalue weighted by Gasteiger charge is 2.36. The van der Waals surface area contributed by atoms with Crippen LogP contribution in [0, 0.1) is 12.8 Å². The van der Waals surface area contributed by atoms with Gasteiger partial charge in [-0.15, -0.1) is 0 Å². The van der Waals surface area contributed by atoms with Crippen LogP contribution in [0.2, 0.25) is 5.02 Å². The van der Waals surface area contributed by atoms with Crippen LogP contribution in [0.15, 0.2) is 18.2 Å². The molecule has 1 N–H and O–H groups in total. The minimum atomic E-state index is -0.286. The fourth-order valence-corrected chi connectivity index (χ4v) is 3.13. The van der Waals surface area contributed by atoms with Gasteiger partial charge in [0.25, 0.3) is 0 Å². The molecule has 1 heterocycles. The van der Waals surface area contributed by atoms with Crippen LogP contribution in [0.1, 0.15) is 38.7 Å². The van der Waals surface area contributed by atoms with Crippen LogP contribution < -0.4 is 5.32 Å². The molecule has 5 heteroatoms. The summed E-state index contributed by atoms with van der Waals surface area (Å²) >= 11 is 5.97. The van der Waals surface area contributed by atoms with Gasteiger partial charge in [0.1, 0.15) is 0 Å². The molecule has 4 nitrogen and oxygen atoms in total. The van der Waals surface area contributed by atoms with E-state index in [0.29, 0.717) is 23.7 Å². The Balaban J connectivity index is 2.05. The summed E-state index contributed by atoms with van der Waals surface area (Å²) in [6, 6.07) is 5.64. The van der Waals surface area contributed by atoms with Crippen molar-refractivity contribution >= 4 is 29.1 Å². The summed E-state index contributed by atoms with van der Waals surface area (Å²) in [4.78, 5) is 26.4. The predicted molar refractivity (Wildman–Crippen MR) is 89.0 cm³/mol. The van der Waals surface area contributed by atoms with E-state index in [1.165, 1.54) is 0 Å². The Kier molecular flexibility index (Phi) is 5.46. The normalized spacial score (nSPS) is 18.1. The smallest absolute Gasteiger partial charge is 0.229 e. The summed E-state index contributed by atoms with van der Waals surface area (Å²) in [6.07, 6.45) is 2.13. The number of aryl methyl sites for hydroxylation is 1. The van der Waals surface area contributed by atoms with Crippen LogP contribution >= 0.6 is 11.6 Å². The zero-order chi connectivity index (χ0) is 16.3. The van der Waals surface area contributed by atoms with Crippen LogP contribution in [-0.4, -0.2) is 29.3 Å². The Labute approximate surface area is 136 Å². The van der Waals surface area contributed by atoms with Crippen LogP contribution in [0.4, 0.5) is 5.69 Å². The third kappa shape index (κ3) is 3.61. The lowest BCUT2D eigenvalue weighted by atomic mass is 10.1. The van der Waals surface area contributed by atoms with Crippen LogP contribution in [-0.2, 0) is 9.59 Å². The minimum Gasteiger partial charge on any atom is -0.339 e. The third-order valence-corrected chi connectivity index (χ3v) is 4.61. The molecule has 0 spiro atoms. The van der Waals surface area contributed by atoms with Gasteiger partial charge in [-0.05, 0) is 37.5 Å². The van der Waals surface area contributed by atoms with Gasteiger partial charge < -0.3 is 10.2 Å². The van der Waals surface area contributed by atoms with Crippen molar-refractivity contribution in [2.24, 2.45) is 5.92 Å². The number of anilines is 1. The van der Waals surface area contributed by atoms with E-state index in [2.05, 4.69) is 19.2 Å². The number of rotatable bonds is 5. The first-order valence-corrected chi connectivity index (χ1v) is 8.20. The van der Waals surface area contributed by atoms with Gasteiger partial charge in [-0.25, -0.2) is 0 Å². The number of nitrogens with zero attached hydrogens (tertiary/aromatic N) is 1. The molecule has 0 saturated carbocycles. The van der Waals surface area contributed by atoms with Crippen molar-refractivity contribution in [3.63, 3.8) is 0 Å². The van der Waals surface area contributed by atoms with Gasteiger partial charge in [-0.1, -0.05) is 31.5 Å². The van der Waals surface area contributed by atoms with Crippen molar-refractivity contribution in [1.29, 1.82) is 0 Å². The van der Waals surface area contributed by atoms with E-state index in [-0.39, 0.29) is 23.8 Å². The number of benzene rings is 1. The van der Waals surface area contributed by atoms with Gasteiger partial charge >= 0.3 is 0 Å². The quantitative estimate of drug-likeness (QED) is 0.900. The largest absolute Gasteiger partial charge is 0.339 e. The molecule has 120 valence electrons. The second kappa shape index (κ2) is 7.14. The zero-order valence-electron chi connectivity index (χ0n) is 13.4. The first-order valence-electron chi connectivity index (χ1n) is 7.82. The molecular weight excluding hydrogens is 300 g/mol. The minimum absolute atomic E-state index is 0.0802. The maximum absolute atomic E-state index is 12.4. The Bertz CT molecular complexity index is 570. The summed E-state index contributed by atoms with van der Waals surface area (Å²) in [5, 5.41) is 3.49. The SMILES string of the molecule is CCC(CC)N1CC(C(=O)Nc2cc(Cl)ccc2C)CC1=O. The predicted octanol–water partition coefficient (Wildman–Crippen LogP) is 3.62. The molecule has 1 aliphatic heterocycles. The Morgan fingerprint density at radius 3 is 2.73 bits per heavy atom. The Morgan fingerprint density at radius 1 is 1.41 bits per heavy atom. The molecule has 1 unspecified atom stereocenters. The maximum atomic E-state index is 12.4. The number of hydrogen-bond acceptors (Lipinski definition) is 2. The summed E-state index contributed by atoms with van der Waals surface area (Å²) in [5.74, 6) is -0.310. The van der Waals surface area contributed by atoms with E-state index in [4.69, 9.17) is 11.6 Å². The topological polar surface area (TPSA) is 49.4 Å². The number of likely N-dealkylation sites (tertiary alicyclic amines) is 1. The molecule has 1 fully saturated rings. The van der Waals surface area contributed by atoms with Gasteiger partial charge in [-0.3, -0.25) is 9.59 Å². The molecule has 1 atom stereocenters. The molecule has 0 aromatic heterocycles. The fraction of sp³-hybridized carbons (Fsp3) is 0.529. The van der Waals surface area contributed by atoms with Gasteiger partial charge in [0, 0.05) is 29.7 Å².